The van der Waals surface area contributed by atoms with Crippen LogP contribution in [0.2, 0.25) is 5.02 Å². The molecule has 166 valence electrons. The van der Waals surface area contributed by atoms with Crippen molar-refractivity contribution in [3.63, 3.8) is 0 Å². The SMILES string of the molecule is CO.CSc1c(Cl)ccc2c(=O)c3ccc(N(C)C4CC(C)(C)C4)nc3n(CC=O)c12. The molecule has 0 spiro atoms. The van der Waals surface area contributed by atoms with Gasteiger partial charge in [-0.3, -0.25) is 4.79 Å². The molecule has 0 aliphatic heterocycles. The summed E-state index contributed by atoms with van der Waals surface area (Å²) in [6.07, 6.45) is 4.96. The predicted octanol–water partition coefficient (Wildman–Crippen LogP) is 4.36. The van der Waals surface area contributed by atoms with E-state index >= 15 is 0 Å². The van der Waals surface area contributed by atoms with Gasteiger partial charge in [-0.2, -0.15) is 0 Å². The number of nitrogens with zero attached hydrogens (tertiary/aromatic N) is 3. The Bertz CT molecular complexity index is 1180. The number of rotatable bonds is 5. The van der Waals surface area contributed by atoms with Gasteiger partial charge in [0.05, 0.1) is 27.4 Å². The number of benzene rings is 1. The van der Waals surface area contributed by atoms with Crippen molar-refractivity contribution in [2.75, 3.05) is 25.3 Å². The molecule has 1 aromatic carbocycles. The Morgan fingerprint density at radius 3 is 2.48 bits per heavy atom. The first kappa shape index (κ1) is 23.6. The number of carbonyl (C=O) groups excluding carboxylic acids is 1. The van der Waals surface area contributed by atoms with Gasteiger partial charge in [0.25, 0.3) is 0 Å². The minimum Gasteiger partial charge on any atom is -0.400 e. The van der Waals surface area contributed by atoms with Crippen LogP contribution in [0.3, 0.4) is 0 Å². The Morgan fingerprint density at radius 2 is 1.90 bits per heavy atom. The highest BCUT2D eigenvalue weighted by atomic mass is 35.5. The number of thioether (sulfide) groups is 1. The summed E-state index contributed by atoms with van der Waals surface area (Å²) in [4.78, 5) is 32.5. The predicted molar refractivity (Wildman–Crippen MR) is 130 cm³/mol. The van der Waals surface area contributed by atoms with E-state index in [1.165, 1.54) is 11.8 Å². The van der Waals surface area contributed by atoms with Crippen LogP contribution in [-0.2, 0) is 11.3 Å². The third kappa shape index (κ3) is 4.19. The lowest BCUT2D eigenvalue weighted by molar-refractivity contribution is -0.108. The topological polar surface area (TPSA) is 75.4 Å². The lowest BCUT2D eigenvalue weighted by Crippen LogP contribution is -2.47. The Balaban J connectivity index is 0.00000132. The van der Waals surface area contributed by atoms with Gasteiger partial charge in [-0.25, -0.2) is 4.98 Å². The highest BCUT2D eigenvalue weighted by Crippen LogP contribution is 2.43. The third-order valence-electron chi connectivity index (χ3n) is 5.91. The number of fused-ring (bicyclic) bond motifs is 2. The molecule has 0 unspecified atom stereocenters. The van der Waals surface area contributed by atoms with E-state index in [0.717, 1.165) is 37.0 Å². The van der Waals surface area contributed by atoms with Gasteiger partial charge in [0.15, 0.2) is 5.43 Å². The van der Waals surface area contributed by atoms with Gasteiger partial charge in [0.1, 0.15) is 17.8 Å². The molecule has 1 N–H and O–H groups in total. The molecular formula is C23H28ClN3O3S. The molecule has 4 rings (SSSR count). The fraction of sp³-hybridized carbons (Fsp3) is 0.435. The maximum atomic E-state index is 13.2. The van der Waals surface area contributed by atoms with Crippen molar-refractivity contribution in [2.45, 2.75) is 44.2 Å². The first-order valence-corrected chi connectivity index (χ1v) is 11.7. The van der Waals surface area contributed by atoms with Gasteiger partial charge in [-0.1, -0.05) is 25.4 Å². The Labute approximate surface area is 191 Å². The van der Waals surface area contributed by atoms with Crippen LogP contribution in [-0.4, -0.2) is 47.4 Å². The van der Waals surface area contributed by atoms with Crippen LogP contribution in [0.25, 0.3) is 21.9 Å². The number of hydrogen-bond donors (Lipinski definition) is 1. The molecule has 0 bridgehead atoms. The largest absolute Gasteiger partial charge is 0.400 e. The lowest BCUT2D eigenvalue weighted by atomic mass is 9.68. The van der Waals surface area contributed by atoms with Gasteiger partial charge in [0, 0.05) is 25.6 Å². The smallest absolute Gasteiger partial charge is 0.198 e. The van der Waals surface area contributed by atoms with Gasteiger partial charge >= 0.3 is 0 Å². The number of aromatic nitrogens is 2. The van der Waals surface area contributed by atoms with Gasteiger partial charge in [-0.05, 0) is 48.8 Å². The molecule has 0 atom stereocenters. The molecule has 0 radical (unpaired) electrons. The number of aliphatic hydroxyl groups excluding tert-OH is 1. The van der Waals surface area contributed by atoms with E-state index in [1.807, 2.05) is 30.0 Å². The van der Waals surface area contributed by atoms with Crippen LogP contribution >= 0.6 is 23.4 Å². The zero-order valence-corrected chi connectivity index (χ0v) is 20.0. The molecule has 6 nitrogen and oxygen atoms in total. The van der Waals surface area contributed by atoms with E-state index in [1.54, 1.807) is 12.1 Å². The van der Waals surface area contributed by atoms with E-state index in [9.17, 15) is 9.59 Å². The van der Waals surface area contributed by atoms with Crippen molar-refractivity contribution in [1.29, 1.82) is 0 Å². The monoisotopic (exact) mass is 461 g/mol. The van der Waals surface area contributed by atoms with Gasteiger partial charge < -0.3 is 19.4 Å². The number of carbonyl (C=O) groups is 1. The summed E-state index contributed by atoms with van der Waals surface area (Å²) >= 11 is 7.87. The number of halogens is 1. The quantitative estimate of drug-likeness (QED) is 0.345. The molecule has 1 aliphatic carbocycles. The number of pyridine rings is 2. The van der Waals surface area contributed by atoms with Crippen LogP contribution in [0.15, 0.2) is 34.0 Å². The van der Waals surface area contributed by atoms with Crippen molar-refractivity contribution in [3.05, 3.63) is 39.5 Å². The van der Waals surface area contributed by atoms with E-state index in [2.05, 4.69) is 18.7 Å². The Kier molecular flexibility index (Phi) is 6.98. The fourth-order valence-electron chi connectivity index (χ4n) is 4.39. The van der Waals surface area contributed by atoms with Crippen molar-refractivity contribution >= 4 is 57.4 Å². The maximum Gasteiger partial charge on any atom is 0.198 e. The second-order valence-corrected chi connectivity index (χ2v) is 9.68. The van der Waals surface area contributed by atoms with Crippen LogP contribution < -0.4 is 10.3 Å². The molecule has 0 amide bonds. The van der Waals surface area contributed by atoms with Crippen LogP contribution in [0.1, 0.15) is 26.7 Å². The minimum absolute atomic E-state index is 0.0874. The third-order valence-corrected chi connectivity index (χ3v) is 7.15. The molecule has 1 fully saturated rings. The van der Waals surface area contributed by atoms with Crippen molar-refractivity contribution in [3.8, 4) is 0 Å². The summed E-state index contributed by atoms with van der Waals surface area (Å²) in [5.74, 6) is 0.809. The summed E-state index contributed by atoms with van der Waals surface area (Å²) < 4.78 is 1.82. The van der Waals surface area contributed by atoms with E-state index in [-0.39, 0.29) is 12.0 Å². The fourth-order valence-corrected chi connectivity index (χ4v) is 5.45. The summed E-state index contributed by atoms with van der Waals surface area (Å²) in [7, 11) is 3.04. The number of aliphatic hydroxyl groups is 1. The van der Waals surface area contributed by atoms with Crippen LogP contribution in [0.5, 0.6) is 0 Å². The first-order chi connectivity index (χ1) is 14.8. The zero-order valence-electron chi connectivity index (χ0n) is 18.5. The molecule has 2 heterocycles. The Hall–Kier alpha value is -2.09. The maximum absolute atomic E-state index is 13.2. The molecule has 0 saturated heterocycles. The standard InChI is InChI=1S/C22H24ClN3O2S.CH4O/c1-22(2)11-13(12-22)25(3)17-8-6-15-19(28)14-5-7-16(23)20(29-4)18(14)26(9-10-27)21(15)24-17;1-2/h5-8,10,13H,9,11-12H2,1-4H3;2H,1H3. The normalized spacial score (nSPS) is 15.3. The summed E-state index contributed by atoms with van der Waals surface area (Å²) in [6.45, 7) is 4.65. The summed E-state index contributed by atoms with van der Waals surface area (Å²) in [6, 6.07) is 7.63. The second-order valence-electron chi connectivity index (χ2n) is 8.46. The minimum atomic E-state index is -0.0874. The van der Waals surface area contributed by atoms with Crippen molar-refractivity contribution in [2.24, 2.45) is 5.41 Å². The molecule has 1 aliphatic rings. The van der Waals surface area contributed by atoms with E-state index < -0.39 is 0 Å². The first-order valence-electron chi connectivity index (χ1n) is 10.1. The molecule has 3 aromatic rings. The number of hydrogen-bond acceptors (Lipinski definition) is 6. The average Bonchev–Trinajstić information content (AvgIpc) is 2.75. The lowest BCUT2D eigenvalue weighted by Gasteiger charge is -2.47. The number of anilines is 1. The average molecular weight is 462 g/mol. The summed E-state index contributed by atoms with van der Waals surface area (Å²) in [5, 5.41) is 8.63. The van der Waals surface area contributed by atoms with Gasteiger partial charge in [-0.15, -0.1) is 11.8 Å². The van der Waals surface area contributed by atoms with E-state index in [0.29, 0.717) is 38.4 Å². The summed E-state index contributed by atoms with van der Waals surface area (Å²) in [5.41, 5.74) is 1.47. The molecule has 2 aromatic heterocycles. The molecule has 1 saturated carbocycles. The van der Waals surface area contributed by atoms with Crippen LogP contribution in [0.4, 0.5) is 5.82 Å². The second kappa shape index (κ2) is 9.18. The molecule has 31 heavy (non-hydrogen) atoms. The van der Waals surface area contributed by atoms with Crippen molar-refractivity contribution < 1.29 is 9.90 Å². The highest BCUT2D eigenvalue weighted by Gasteiger charge is 2.38. The number of aldehydes is 1. The van der Waals surface area contributed by atoms with Crippen molar-refractivity contribution in [1.82, 2.24) is 9.55 Å². The molecular weight excluding hydrogens is 434 g/mol. The van der Waals surface area contributed by atoms with Gasteiger partial charge in [0.2, 0.25) is 0 Å². The Morgan fingerprint density at radius 1 is 1.26 bits per heavy atom. The van der Waals surface area contributed by atoms with E-state index in [4.69, 9.17) is 21.7 Å². The molecule has 8 heteroatoms. The zero-order chi connectivity index (χ0) is 22.9. The van der Waals surface area contributed by atoms with Crippen LogP contribution in [0, 0.1) is 5.41 Å². The highest BCUT2D eigenvalue weighted by molar-refractivity contribution is 7.99.